The van der Waals surface area contributed by atoms with E-state index in [1.807, 2.05) is 0 Å². The van der Waals surface area contributed by atoms with E-state index in [0.717, 1.165) is 0 Å². The molecule has 0 aliphatic carbocycles. The topological polar surface area (TPSA) is 208 Å². The van der Waals surface area contributed by atoms with Crippen molar-refractivity contribution in [1.29, 1.82) is 0 Å². The number of carboxylic acid groups (broad SMARTS) is 2. The number of amides is 3. The Labute approximate surface area is 179 Å². The molecule has 0 rings (SSSR count). The second-order valence-corrected chi connectivity index (χ2v) is 7.42. The second kappa shape index (κ2) is 13.8. The summed E-state index contributed by atoms with van der Waals surface area (Å²) < 4.78 is 0. The van der Waals surface area contributed by atoms with Gasteiger partial charge in [0.2, 0.25) is 17.7 Å². The normalized spacial score (nSPS) is 14.9. The molecule has 0 saturated carbocycles. The summed E-state index contributed by atoms with van der Waals surface area (Å²) in [6.07, 6.45) is -0.588. The van der Waals surface area contributed by atoms with E-state index in [4.69, 9.17) is 21.1 Å². The van der Waals surface area contributed by atoms with Crippen LogP contribution in [-0.4, -0.2) is 81.5 Å². The summed E-state index contributed by atoms with van der Waals surface area (Å²) in [4.78, 5) is 59.1. The van der Waals surface area contributed by atoms with E-state index in [1.165, 1.54) is 0 Å². The average molecular weight is 451 g/mol. The quantitative estimate of drug-likeness (QED) is 0.133. The summed E-state index contributed by atoms with van der Waals surface area (Å²) >= 11 is 3.83. The highest BCUT2D eigenvalue weighted by Crippen LogP contribution is 2.07. The minimum Gasteiger partial charge on any atom is -0.481 e. The number of aliphatic carboxylic acids is 2. The molecule has 13 heteroatoms. The molecule has 0 bridgehead atoms. The van der Waals surface area contributed by atoms with Crippen molar-refractivity contribution in [3.63, 3.8) is 0 Å². The van der Waals surface area contributed by atoms with E-state index < -0.39 is 66.9 Å². The number of aliphatic hydroxyl groups is 1. The Morgan fingerprint density at radius 2 is 1.40 bits per heavy atom. The molecule has 0 aromatic heterocycles. The van der Waals surface area contributed by atoms with Crippen molar-refractivity contribution in [2.45, 2.75) is 57.3 Å². The minimum absolute atomic E-state index is 0.0433. The maximum Gasteiger partial charge on any atom is 0.327 e. The van der Waals surface area contributed by atoms with Gasteiger partial charge in [-0.3, -0.25) is 19.2 Å². The number of aliphatic hydroxyl groups excluding tert-OH is 1. The number of carbonyl (C=O) groups excluding carboxylic acids is 3. The first kappa shape index (κ1) is 27.6. The van der Waals surface area contributed by atoms with E-state index in [2.05, 4.69) is 28.6 Å². The Balaban J connectivity index is 5.43. The highest BCUT2D eigenvalue weighted by atomic mass is 32.1. The van der Waals surface area contributed by atoms with Crippen molar-refractivity contribution in [1.82, 2.24) is 16.0 Å². The molecule has 4 atom stereocenters. The van der Waals surface area contributed by atoms with Gasteiger partial charge in [0, 0.05) is 12.2 Å². The summed E-state index contributed by atoms with van der Waals surface area (Å²) in [6, 6.07) is -5.03. The van der Waals surface area contributed by atoms with Crippen LogP contribution >= 0.6 is 12.6 Å². The van der Waals surface area contributed by atoms with Gasteiger partial charge in [0.1, 0.15) is 24.2 Å². The maximum absolute atomic E-state index is 12.7. The van der Waals surface area contributed by atoms with Crippen LogP contribution in [0, 0.1) is 5.92 Å². The zero-order valence-corrected chi connectivity index (χ0v) is 17.7. The predicted molar refractivity (Wildman–Crippen MR) is 109 cm³/mol. The fourth-order valence-electron chi connectivity index (χ4n) is 2.33. The van der Waals surface area contributed by atoms with E-state index in [0.29, 0.717) is 0 Å². The zero-order valence-electron chi connectivity index (χ0n) is 16.8. The number of hydrogen-bond donors (Lipinski definition) is 8. The predicted octanol–water partition coefficient (Wildman–Crippen LogP) is -2.31. The Morgan fingerprint density at radius 3 is 1.83 bits per heavy atom. The molecule has 0 radical (unpaired) electrons. The number of nitrogens with two attached hydrogens (primary N) is 1. The van der Waals surface area contributed by atoms with Crippen LogP contribution in [0.25, 0.3) is 0 Å². The van der Waals surface area contributed by atoms with Gasteiger partial charge in [-0.2, -0.15) is 12.6 Å². The molecule has 0 aromatic rings. The van der Waals surface area contributed by atoms with Crippen LogP contribution in [0.4, 0.5) is 0 Å². The third-order valence-electron chi connectivity index (χ3n) is 3.95. The standard InChI is InChI=1S/C17H30N4O8S/c1-8(2)5-11(20-14(25)9(18)6-22)16(27)19-10(3-4-13(23)24)15(26)21-12(7-30)17(28)29/h8-12,22,30H,3-7,18H2,1-2H3,(H,19,27)(H,20,25)(H,21,26)(H,23,24)(H,28,29). The van der Waals surface area contributed by atoms with Gasteiger partial charge >= 0.3 is 11.9 Å². The summed E-state index contributed by atoms with van der Waals surface area (Å²) in [5.74, 6) is -5.26. The van der Waals surface area contributed by atoms with Crippen LogP contribution < -0.4 is 21.7 Å². The largest absolute Gasteiger partial charge is 0.481 e. The van der Waals surface area contributed by atoms with Crippen LogP contribution in [0.5, 0.6) is 0 Å². The SMILES string of the molecule is CC(C)CC(NC(=O)C(N)CO)C(=O)NC(CCC(=O)O)C(=O)NC(CS)C(=O)O. The third-order valence-corrected chi connectivity index (χ3v) is 4.32. The number of hydrogen-bond acceptors (Lipinski definition) is 8. The fraction of sp³-hybridized carbons (Fsp3) is 0.706. The zero-order chi connectivity index (χ0) is 23.4. The molecule has 0 aliphatic rings. The summed E-state index contributed by atoms with van der Waals surface area (Å²) in [5.41, 5.74) is 5.44. The molecular formula is C17H30N4O8S. The Kier molecular flexibility index (Phi) is 12.7. The average Bonchev–Trinajstić information content (AvgIpc) is 2.66. The van der Waals surface area contributed by atoms with Crippen LogP contribution in [-0.2, 0) is 24.0 Å². The molecule has 0 fully saturated rings. The van der Waals surface area contributed by atoms with Gasteiger partial charge < -0.3 is 37.0 Å². The lowest BCUT2D eigenvalue weighted by Crippen LogP contribution is -2.57. The first-order valence-corrected chi connectivity index (χ1v) is 9.89. The fourth-order valence-corrected chi connectivity index (χ4v) is 2.58. The number of rotatable bonds is 14. The first-order chi connectivity index (χ1) is 13.9. The molecule has 30 heavy (non-hydrogen) atoms. The van der Waals surface area contributed by atoms with E-state index in [9.17, 15) is 24.0 Å². The Morgan fingerprint density at radius 1 is 0.900 bits per heavy atom. The summed E-state index contributed by atoms with van der Waals surface area (Å²) in [5, 5.41) is 33.8. The van der Waals surface area contributed by atoms with Gasteiger partial charge in [0.05, 0.1) is 6.61 Å². The van der Waals surface area contributed by atoms with E-state index in [1.54, 1.807) is 13.8 Å². The molecular weight excluding hydrogens is 420 g/mol. The summed E-state index contributed by atoms with van der Waals surface area (Å²) in [6.45, 7) is 2.94. The van der Waals surface area contributed by atoms with Gasteiger partial charge in [-0.05, 0) is 18.8 Å². The summed E-state index contributed by atoms with van der Waals surface area (Å²) in [7, 11) is 0. The van der Waals surface area contributed by atoms with Crippen molar-refractivity contribution in [2.24, 2.45) is 11.7 Å². The number of nitrogens with one attached hydrogen (secondary N) is 3. The van der Waals surface area contributed by atoms with Gasteiger partial charge in [-0.25, -0.2) is 4.79 Å². The maximum atomic E-state index is 12.7. The van der Waals surface area contributed by atoms with Crippen molar-refractivity contribution >= 4 is 42.3 Å². The Bertz CT molecular complexity index is 631. The van der Waals surface area contributed by atoms with E-state index in [-0.39, 0.29) is 24.5 Å². The lowest BCUT2D eigenvalue weighted by molar-refractivity contribution is -0.142. The second-order valence-electron chi connectivity index (χ2n) is 7.06. The third kappa shape index (κ3) is 10.4. The van der Waals surface area contributed by atoms with Crippen LogP contribution in [0.1, 0.15) is 33.1 Å². The molecule has 3 amide bonds. The van der Waals surface area contributed by atoms with Gasteiger partial charge in [-0.15, -0.1) is 0 Å². The smallest absolute Gasteiger partial charge is 0.327 e. The number of carbonyl (C=O) groups is 5. The Hall–Kier alpha value is -2.38. The molecule has 0 heterocycles. The van der Waals surface area contributed by atoms with Crippen LogP contribution in [0.15, 0.2) is 0 Å². The molecule has 0 aliphatic heterocycles. The van der Waals surface area contributed by atoms with Crippen molar-refractivity contribution < 1.29 is 39.3 Å². The van der Waals surface area contributed by atoms with Crippen molar-refractivity contribution in [2.75, 3.05) is 12.4 Å². The highest BCUT2D eigenvalue weighted by molar-refractivity contribution is 7.80. The molecule has 8 N–H and O–H groups in total. The molecule has 172 valence electrons. The molecule has 0 saturated heterocycles. The lowest BCUT2D eigenvalue weighted by atomic mass is 10.0. The molecule has 0 spiro atoms. The van der Waals surface area contributed by atoms with Gasteiger partial charge in [-0.1, -0.05) is 13.8 Å². The molecule has 0 aromatic carbocycles. The van der Waals surface area contributed by atoms with Crippen molar-refractivity contribution in [3.8, 4) is 0 Å². The van der Waals surface area contributed by atoms with E-state index >= 15 is 0 Å². The van der Waals surface area contributed by atoms with Crippen molar-refractivity contribution in [3.05, 3.63) is 0 Å². The van der Waals surface area contributed by atoms with Crippen LogP contribution in [0.2, 0.25) is 0 Å². The van der Waals surface area contributed by atoms with Gasteiger partial charge in [0.15, 0.2) is 0 Å². The van der Waals surface area contributed by atoms with Gasteiger partial charge in [0.25, 0.3) is 0 Å². The number of thiol groups is 1. The highest BCUT2D eigenvalue weighted by Gasteiger charge is 2.30. The lowest BCUT2D eigenvalue weighted by Gasteiger charge is -2.25. The molecule has 4 unspecified atom stereocenters. The number of carboxylic acids is 2. The monoisotopic (exact) mass is 450 g/mol. The first-order valence-electron chi connectivity index (χ1n) is 9.25. The minimum atomic E-state index is -1.35. The molecule has 12 nitrogen and oxygen atoms in total. The van der Waals surface area contributed by atoms with Crippen LogP contribution in [0.3, 0.4) is 0 Å².